The fraction of sp³-hybridized carbons (Fsp3) is 0.400. The van der Waals surface area contributed by atoms with Gasteiger partial charge in [0, 0.05) is 23.5 Å². The molecule has 0 bridgehead atoms. The fourth-order valence-electron chi connectivity index (χ4n) is 2.01. The van der Waals surface area contributed by atoms with Gasteiger partial charge in [-0.3, -0.25) is 5.10 Å². The summed E-state index contributed by atoms with van der Waals surface area (Å²) >= 11 is 0. The van der Waals surface area contributed by atoms with Crippen LogP contribution in [0.4, 0.5) is 0 Å². The molecule has 3 rings (SSSR count). The van der Waals surface area contributed by atoms with Crippen molar-refractivity contribution >= 4 is 0 Å². The molecule has 0 radical (unpaired) electrons. The van der Waals surface area contributed by atoms with Crippen LogP contribution >= 0.6 is 0 Å². The van der Waals surface area contributed by atoms with Crippen LogP contribution < -0.4 is 5.73 Å². The second kappa shape index (κ2) is 3.64. The first-order valence-electron chi connectivity index (χ1n) is 5.32. The average Bonchev–Trinajstić information content (AvgIpc) is 2.82. The number of aromatic nitrogens is 5. The summed E-state index contributed by atoms with van der Waals surface area (Å²) in [6, 6.07) is 0.0764. The lowest BCUT2D eigenvalue weighted by Crippen LogP contribution is -2.19. The van der Waals surface area contributed by atoms with Gasteiger partial charge in [0.05, 0.1) is 0 Å². The number of nitrogens with one attached hydrogen (secondary N) is 1. The Morgan fingerprint density at radius 2 is 2.31 bits per heavy atom. The van der Waals surface area contributed by atoms with Crippen molar-refractivity contribution < 1.29 is 0 Å². The first-order valence-corrected chi connectivity index (χ1v) is 5.32. The summed E-state index contributed by atoms with van der Waals surface area (Å²) in [4.78, 5) is 12.8. The zero-order valence-electron chi connectivity index (χ0n) is 8.72. The molecule has 82 valence electrons. The Morgan fingerprint density at radius 3 is 3.12 bits per heavy atom. The molecular weight excluding hydrogens is 204 g/mol. The molecule has 0 aliphatic heterocycles. The molecule has 0 saturated carbocycles. The smallest absolute Gasteiger partial charge is 0.197 e. The van der Waals surface area contributed by atoms with Gasteiger partial charge in [-0.25, -0.2) is 15.0 Å². The Balaban J connectivity index is 2.05. The number of H-pyrrole nitrogens is 1. The van der Waals surface area contributed by atoms with E-state index in [-0.39, 0.29) is 6.04 Å². The van der Waals surface area contributed by atoms with Crippen molar-refractivity contribution in [1.29, 1.82) is 0 Å². The molecule has 6 heteroatoms. The summed E-state index contributed by atoms with van der Waals surface area (Å²) in [5.74, 6) is 1.19. The molecule has 3 N–H and O–H groups in total. The Labute approximate surface area is 92.3 Å². The van der Waals surface area contributed by atoms with E-state index in [2.05, 4.69) is 25.1 Å². The number of hydrogen-bond acceptors (Lipinski definition) is 5. The maximum absolute atomic E-state index is 6.00. The monoisotopic (exact) mass is 216 g/mol. The lowest BCUT2D eigenvalue weighted by atomic mass is 9.93. The van der Waals surface area contributed by atoms with Crippen LogP contribution in [0, 0.1) is 0 Å². The molecule has 0 saturated heterocycles. The van der Waals surface area contributed by atoms with Crippen LogP contribution in [-0.4, -0.2) is 25.1 Å². The van der Waals surface area contributed by atoms with E-state index in [9.17, 15) is 0 Å². The topological polar surface area (TPSA) is 93.4 Å². The van der Waals surface area contributed by atoms with Gasteiger partial charge < -0.3 is 5.73 Å². The van der Waals surface area contributed by atoms with Gasteiger partial charge in [-0.2, -0.15) is 5.10 Å². The molecule has 1 aliphatic carbocycles. The molecule has 2 aromatic rings. The third-order valence-corrected chi connectivity index (χ3v) is 2.86. The molecule has 6 nitrogen and oxygen atoms in total. The average molecular weight is 216 g/mol. The standard InChI is InChI=1S/C10H12N6/c11-7-2-1-3-8-6(7)4-12-9(15-8)10-13-5-14-16-10/h4-5,7H,1-3,11H2,(H,13,14,16). The van der Waals surface area contributed by atoms with E-state index < -0.39 is 0 Å². The third kappa shape index (κ3) is 1.47. The Bertz CT molecular complexity index is 492. The SMILES string of the molecule is NC1CCCc2nc(-c3ncn[nH]3)ncc21. The van der Waals surface area contributed by atoms with Crippen molar-refractivity contribution in [3.05, 3.63) is 23.8 Å². The van der Waals surface area contributed by atoms with Gasteiger partial charge in [-0.15, -0.1) is 0 Å². The van der Waals surface area contributed by atoms with Crippen LogP contribution in [0.15, 0.2) is 12.5 Å². The van der Waals surface area contributed by atoms with E-state index in [1.54, 1.807) is 0 Å². The van der Waals surface area contributed by atoms with Gasteiger partial charge in [0.2, 0.25) is 0 Å². The molecule has 1 aliphatic rings. The van der Waals surface area contributed by atoms with Crippen LogP contribution in [0.1, 0.15) is 30.1 Å². The van der Waals surface area contributed by atoms with E-state index in [4.69, 9.17) is 5.73 Å². The predicted molar refractivity (Wildman–Crippen MR) is 57.3 cm³/mol. The molecule has 1 atom stereocenters. The van der Waals surface area contributed by atoms with Crippen molar-refractivity contribution in [3.8, 4) is 11.6 Å². The minimum absolute atomic E-state index is 0.0764. The Morgan fingerprint density at radius 1 is 1.38 bits per heavy atom. The number of aromatic amines is 1. The number of nitrogens with zero attached hydrogens (tertiary/aromatic N) is 4. The second-order valence-corrected chi connectivity index (χ2v) is 3.93. The van der Waals surface area contributed by atoms with Crippen LogP contribution in [0.3, 0.4) is 0 Å². The van der Waals surface area contributed by atoms with Crippen molar-refractivity contribution in [1.82, 2.24) is 25.1 Å². The van der Waals surface area contributed by atoms with E-state index in [1.807, 2.05) is 6.20 Å². The maximum Gasteiger partial charge on any atom is 0.197 e. The van der Waals surface area contributed by atoms with Crippen LogP contribution in [0.25, 0.3) is 11.6 Å². The number of nitrogens with two attached hydrogens (primary N) is 1. The molecule has 2 heterocycles. The van der Waals surface area contributed by atoms with E-state index >= 15 is 0 Å². The Kier molecular flexibility index (Phi) is 2.14. The van der Waals surface area contributed by atoms with Crippen molar-refractivity contribution in [2.75, 3.05) is 0 Å². The second-order valence-electron chi connectivity index (χ2n) is 3.93. The summed E-state index contributed by atoms with van der Waals surface area (Å²) < 4.78 is 0. The molecule has 0 spiro atoms. The highest BCUT2D eigenvalue weighted by Gasteiger charge is 2.19. The van der Waals surface area contributed by atoms with Gasteiger partial charge >= 0.3 is 0 Å². The first-order chi connectivity index (χ1) is 7.84. The molecule has 1 unspecified atom stereocenters. The third-order valence-electron chi connectivity index (χ3n) is 2.86. The summed E-state index contributed by atoms with van der Waals surface area (Å²) in [6.07, 6.45) is 6.32. The molecule has 0 fully saturated rings. The molecule has 0 amide bonds. The van der Waals surface area contributed by atoms with Crippen molar-refractivity contribution in [3.63, 3.8) is 0 Å². The minimum Gasteiger partial charge on any atom is -0.324 e. The summed E-state index contributed by atoms with van der Waals surface area (Å²) in [5.41, 5.74) is 8.11. The quantitative estimate of drug-likeness (QED) is 0.728. The van der Waals surface area contributed by atoms with Gasteiger partial charge in [0.15, 0.2) is 11.6 Å². The van der Waals surface area contributed by atoms with Gasteiger partial charge in [0.1, 0.15) is 6.33 Å². The molecule has 0 aromatic carbocycles. The number of fused-ring (bicyclic) bond motifs is 1. The zero-order valence-corrected chi connectivity index (χ0v) is 8.72. The Hall–Kier alpha value is -1.82. The highest BCUT2D eigenvalue weighted by molar-refractivity contribution is 5.43. The zero-order chi connectivity index (χ0) is 11.0. The van der Waals surface area contributed by atoms with Gasteiger partial charge in [-0.05, 0) is 19.3 Å². The molecular formula is C10H12N6. The molecule has 16 heavy (non-hydrogen) atoms. The van der Waals surface area contributed by atoms with Crippen LogP contribution in [0.2, 0.25) is 0 Å². The normalized spacial score (nSPS) is 19.4. The van der Waals surface area contributed by atoms with Gasteiger partial charge in [-0.1, -0.05) is 0 Å². The van der Waals surface area contributed by atoms with Crippen LogP contribution in [-0.2, 0) is 6.42 Å². The summed E-state index contributed by atoms with van der Waals surface area (Å²) in [6.45, 7) is 0. The minimum atomic E-state index is 0.0764. The molecule has 2 aromatic heterocycles. The predicted octanol–water partition coefficient (Wildman–Crippen LogP) is 0.598. The maximum atomic E-state index is 6.00. The highest BCUT2D eigenvalue weighted by atomic mass is 15.2. The van der Waals surface area contributed by atoms with E-state index in [0.29, 0.717) is 11.6 Å². The number of hydrogen-bond donors (Lipinski definition) is 2. The summed E-state index contributed by atoms with van der Waals surface area (Å²) in [7, 11) is 0. The van der Waals surface area contributed by atoms with Crippen LogP contribution in [0.5, 0.6) is 0 Å². The summed E-state index contributed by atoms with van der Waals surface area (Å²) in [5, 5.41) is 6.54. The van der Waals surface area contributed by atoms with E-state index in [1.165, 1.54) is 6.33 Å². The number of rotatable bonds is 1. The fourth-order valence-corrected chi connectivity index (χ4v) is 2.01. The largest absolute Gasteiger partial charge is 0.324 e. The lowest BCUT2D eigenvalue weighted by molar-refractivity contribution is 0.557. The van der Waals surface area contributed by atoms with Crippen molar-refractivity contribution in [2.24, 2.45) is 5.73 Å². The highest BCUT2D eigenvalue weighted by Crippen LogP contribution is 2.26. The number of aryl methyl sites for hydroxylation is 1. The first kappa shape index (κ1) is 9.41. The van der Waals surface area contributed by atoms with E-state index in [0.717, 1.165) is 30.5 Å². The van der Waals surface area contributed by atoms with Crippen molar-refractivity contribution in [2.45, 2.75) is 25.3 Å². The lowest BCUT2D eigenvalue weighted by Gasteiger charge is -2.20. The van der Waals surface area contributed by atoms with Gasteiger partial charge in [0.25, 0.3) is 0 Å².